The first kappa shape index (κ1) is 22.5. The Labute approximate surface area is 161 Å². The molecular weight excluding hydrogens is 419 g/mol. The van der Waals surface area contributed by atoms with Crippen LogP contribution in [0.4, 0.5) is 5.69 Å². The zero-order chi connectivity index (χ0) is 17.1. The Morgan fingerprint density at radius 3 is 2.29 bits per heavy atom. The molecule has 0 spiro atoms. The van der Waals surface area contributed by atoms with E-state index in [9.17, 15) is 9.90 Å². The normalized spacial score (nSPS) is 10.9. The van der Waals surface area contributed by atoms with Crippen molar-refractivity contribution < 1.29 is 9.90 Å². The van der Waals surface area contributed by atoms with Gasteiger partial charge in [0.05, 0.1) is 0 Å². The summed E-state index contributed by atoms with van der Waals surface area (Å²) < 4.78 is 0. The van der Waals surface area contributed by atoms with Gasteiger partial charge in [-0.15, -0.1) is 24.0 Å². The molecule has 7 heteroatoms. The molecule has 0 saturated carbocycles. The predicted molar refractivity (Wildman–Crippen MR) is 110 cm³/mol. The maximum atomic E-state index is 11.9. The molecule has 24 heavy (non-hydrogen) atoms. The van der Waals surface area contributed by atoms with Gasteiger partial charge in [0.25, 0.3) is 0 Å². The molecular formula is C17H29IN4O2. The first-order valence-electron chi connectivity index (χ1n) is 8.20. The number of amides is 1. The van der Waals surface area contributed by atoms with Crippen LogP contribution in [0.1, 0.15) is 33.6 Å². The first-order chi connectivity index (χ1) is 11.1. The lowest BCUT2D eigenvalue weighted by molar-refractivity contribution is -0.114. The van der Waals surface area contributed by atoms with Crippen LogP contribution in [0.15, 0.2) is 29.3 Å². The van der Waals surface area contributed by atoms with Crippen molar-refractivity contribution in [2.45, 2.75) is 33.6 Å². The smallest absolute Gasteiger partial charge is 0.246 e. The molecule has 0 radical (unpaired) electrons. The number of carbonyl (C=O) groups is 1. The quantitative estimate of drug-likeness (QED) is 0.213. The van der Waals surface area contributed by atoms with Crippen LogP contribution in [-0.2, 0) is 4.79 Å². The van der Waals surface area contributed by atoms with Crippen LogP contribution >= 0.6 is 24.0 Å². The van der Waals surface area contributed by atoms with Crippen LogP contribution in [0.25, 0.3) is 0 Å². The van der Waals surface area contributed by atoms with Gasteiger partial charge in [-0.05, 0) is 37.1 Å². The first-order valence-corrected chi connectivity index (χ1v) is 8.20. The zero-order valence-corrected chi connectivity index (χ0v) is 17.0. The minimum absolute atomic E-state index is 0. The molecule has 0 saturated heterocycles. The number of carbonyl (C=O) groups excluding carboxylic acids is 1. The summed E-state index contributed by atoms with van der Waals surface area (Å²) in [4.78, 5) is 16.2. The minimum Gasteiger partial charge on any atom is -0.508 e. The highest BCUT2D eigenvalue weighted by Gasteiger charge is 2.06. The highest BCUT2D eigenvalue weighted by molar-refractivity contribution is 14.0. The predicted octanol–water partition coefficient (Wildman–Crippen LogP) is 2.94. The molecule has 0 bridgehead atoms. The summed E-state index contributed by atoms with van der Waals surface area (Å²) in [5, 5.41) is 18.4. The fourth-order valence-corrected chi connectivity index (χ4v) is 2.06. The van der Waals surface area contributed by atoms with Gasteiger partial charge in [0, 0.05) is 18.8 Å². The summed E-state index contributed by atoms with van der Waals surface area (Å²) in [6.45, 7) is 7.97. The molecule has 4 N–H and O–H groups in total. The maximum absolute atomic E-state index is 11.9. The third kappa shape index (κ3) is 8.95. The Bertz CT molecular complexity index is 502. The Balaban J connectivity index is 0.00000529. The van der Waals surface area contributed by atoms with E-state index < -0.39 is 0 Å². The van der Waals surface area contributed by atoms with Gasteiger partial charge in [0.15, 0.2) is 5.96 Å². The van der Waals surface area contributed by atoms with E-state index in [1.165, 1.54) is 12.1 Å². The lowest BCUT2D eigenvalue weighted by atomic mass is 10.0. The van der Waals surface area contributed by atoms with E-state index in [4.69, 9.17) is 0 Å². The van der Waals surface area contributed by atoms with E-state index in [0.717, 1.165) is 25.9 Å². The van der Waals surface area contributed by atoms with Crippen molar-refractivity contribution in [2.75, 3.05) is 25.0 Å². The lowest BCUT2D eigenvalue weighted by Gasteiger charge is -2.16. The van der Waals surface area contributed by atoms with Crippen molar-refractivity contribution in [1.29, 1.82) is 0 Å². The Hall–Kier alpha value is -1.51. The van der Waals surface area contributed by atoms with Gasteiger partial charge >= 0.3 is 0 Å². The number of aliphatic imine (C=N–C) groups is 1. The monoisotopic (exact) mass is 448 g/mol. The van der Waals surface area contributed by atoms with Gasteiger partial charge in [-0.3, -0.25) is 4.79 Å². The number of hydrogen-bond acceptors (Lipinski definition) is 3. The fourth-order valence-electron chi connectivity index (χ4n) is 2.06. The number of benzene rings is 1. The number of phenols is 1. The summed E-state index contributed by atoms with van der Waals surface area (Å²) in [5.41, 5.74) is 0.637. The maximum Gasteiger partial charge on any atom is 0.246 e. The summed E-state index contributed by atoms with van der Waals surface area (Å²) in [6.07, 6.45) is 2.23. The van der Waals surface area contributed by atoms with E-state index in [-0.39, 0.29) is 42.2 Å². The van der Waals surface area contributed by atoms with Gasteiger partial charge in [-0.1, -0.05) is 26.7 Å². The van der Waals surface area contributed by atoms with Crippen LogP contribution in [0, 0.1) is 5.92 Å². The van der Waals surface area contributed by atoms with Gasteiger partial charge < -0.3 is 21.1 Å². The van der Waals surface area contributed by atoms with Crippen molar-refractivity contribution in [1.82, 2.24) is 10.6 Å². The summed E-state index contributed by atoms with van der Waals surface area (Å²) in [6, 6.07) is 6.35. The molecule has 0 aliphatic carbocycles. The summed E-state index contributed by atoms with van der Waals surface area (Å²) in [5.74, 6) is 1.22. The van der Waals surface area contributed by atoms with Gasteiger partial charge in [-0.25, -0.2) is 4.99 Å². The fraction of sp³-hybridized carbons (Fsp3) is 0.529. The lowest BCUT2D eigenvalue weighted by Crippen LogP contribution is -2.40. The Kier molecular flexibility index (Phi) is 12.0. The minimum atomic E-state index is -0.199. The van der Waals surface area contributed by atoms with Gasteiger partial charge in [0.1, 0.15) is 12.3 Å². The van der Waals surface area contributed by atoms with Crippen LogP contribution in [0.5, 0.6) is 5.75 Å². The molecule has 1 amide bonds. The van der Waals surface area contributed by atoms with Crippen molar-refractivity contribution in [3.8, 4) is 5.75 Å². The average Bonchev–Trinajstić information content (AvgIpc) is 2.55. The second-order valence-electron chi connectivity index (χ2n) is 5.35. The van der Waals surface area contributed by atoms with E-state index in [0.29, 0.717) is 17.6 Å². The number of nitrogens with zero attached hydrogens (tertiary/aromatic N) is 1. The van der Waals surface area contributed by atoms with E-state index in [1.54, 1.807) is 12.1 Å². The standard InChI is InChI=1S/C17H28N4O2.HI/c1-4-13(5-2)11-19-17(18-6-3)20-12-16(23)21-14-7-9-15(22)10-8-14;/h7-10,13,22H,4-6,11-12H2,1-3H3,(H,21,23)(H2,18,19,20);1H. The number of rotatable bonds is 8. The molecule has 0 unspecified atom stereocenters. The van der Waals surface area contributed by atoms with Crippen molar-refractivity contribution in [3.63, 3.8) is 0 Å². The number of anilines is 1. The highest BCUT2D eigenvalue weighted by atomic mass is 127. The molecule has 0 aromatic heterocycles. The van der Waals surface area contributed by atoms with Gasteiger partial charge in [-0.2, -0.15) is 0 Å². The number of phenolic OH excluding ortho intramolecular Hbond substituents is 1. The average molecular weight is 448 g/mol. The van der Waals surface area contributed by atoms with Crippen molar-refractivity contribution >= 4 is 41.5 Å². The number of hydrogen-bond donors (Lipinski definition) is 4. The molecule has 0 aliphatic rings. The molecule has 0 fully saturated rings. The molecule has 1 aromatic rings. The Morgan fingerprint density at radius 2 is 1.75 bits per heavy atom. The van der Waals surface area contributed by atoms with E-state index in [1.807, 2.05) is 6.92 Å². The largest absolute Gasteiger partial charge is 0.508 e. The van der Waals surface area contributed by atoms with Crippen LogP contribution in [0.2, 0.25) is 0 Å². The molecule has 1 rings (SSSR count). The number of nitrogens with one attached hydrogen (secondary N) is 3. The third-order valence-electron chi connectivity index (χ3n) is 3.59. The van der Waals surface area contributed by atoms with Crippen LogP contribution < -0.4 is 16.0 Å². The second-order valence-corrected chi connectivity index (χ2v) is 5.35. The van der Waals surface area contributed by atoms with Crippen molar-refractivity contribution in [2.24, 2.45) is 10.9 Å². The molecule has 136 valence electrons. The van der Waals surface area contributed by atoms with Crippen molar-refractivity contribution in [3.05, 3.63) is 24.3 Å². The number of halogens is 1. The molecule has 0 heterocycles. The number of aromatic hydroxyl groups is 1. The second kappa shape index (κ2) is 12.9. The zero-order valence-electron chi connectivity index (χ0n) is 14.6. The molecule has 0 aliphatic heterocycles. The highest BCUT2D eigenvalue weighted by Crippen LogP contribution is 2.13. The topological polar surface area (TPSA) is 85.8 Å². The van der Waals surface area contributed by atoms with Gasteiger partial charge in [0.2, 0.25) is 5.91 Å². The third-order valence-corrected chi connectivity index (χ3v) is 3.59. The summed E-state index contributed by atoms with van der Waals surface area (Å²) >= 11 is 0. The molecule has 0 atom stereocenters. The summed E-state index contributed by atoms with van der Waals surface area (Å²) in [7, 11) is 0. The molecule has 6 nitrogen and oxygen atoms in total. The number of guanidine groups is 1. The van der Waals surface area contributed by atoms with E-state index >= 15 is 0 Å². The SMILES string of the molecule is CCNC(=NCC(=O)Nc1ccc(O)cc1)NCC(CC)CC.I. The Morgan fingerprint density at radius 1 is 1.12 bits per heavy atom. The molecule has 1 aromatic carbocycles. The van der Waals surface area contributed by atoms with Crippen LogP contribution in [0.3, 0.4) is 0 Å². The van der Waals surface area contributed by atoms with Crippen LogP contribution in [-0.4, -0.2) is 36.6 Å². The van der Waals surface area contributed by atoms with E-state index in [2.05, 4.69) is 34.8 Å².